The highest BCUT2D eigenvalue weighted by Crippen LogP contribution is 2.26. The molecule has 1 heterocycles. The Morgan fingerprint density at radius 1 is 1.53 bits per heavy atom. The van der Waals surface area contributed by atoms with Crippen LogP contribution in [0, 0.1) is 0 Å². The van der Waals surface area contributed by atoms with Crippen molar-refractivity contribution >= 4 is 22.5 Å². The Hall–Kier alpha value is -1.50. The Bertz CT molecular complexity index is 394. The number of pyridine rings is 1. The van der Waals surface area contributed by atoms with E-state index in [1.54, 1.807) is 0 Å². The van der Waals surface area contributed by atoms with Gasteiger partial charge >= 0.3 is 6.36 Å². The fourth-order valence-corrected chi connectivity index (χ4v) is 0.936. The van der Waals surface area contributed by atoms with Gasteiger partial charge in [0.1, 0.15) is 0 Å². The molecular weight excluding hydrogens is 237 g/mol. The molecule has 1 aromatic heterocycles. The highest BCUT2D eigenvalue weighted by molar-refractivity contribution is 6.68. The minimum Gasteiger partial charge on any atom is -0.397 e. The standard InChI is InChI=1S/C7H4ClF3N2O2/c8-5(14)4-1-3(12)2-13-6(4)15-7(9,10)11/h1-2H,12H2. The molecule has 2 N–H and O–H groups in total. The lowest BCUT2D eigenvalue weighted by atomic mass is 10.3. The zero-order chi connectivity index (χ0) is 11.6. The number of aromatic nitrogens is 1. The van der Waals surface area contributed by atoms with E-state index in [1.165, 1.54) is 0 Å². The van der Waals surface area contributed by atoms with E-state index in [0.29, 0.717) is 0 Å². The summed E-state index contributed by atoms with van der Waals surface area (Å²) in [5.41, 5.74) is 4.69. The monoisotopic (exact) mass is 240 g/mol. The maximum Gasteiger partial charge on any atom is 0.574 e. The number of rotatable bonds is 2. The Labute approximate surface area is 86.8 Å². The maximum atomic E-state index is 11.8. The average Bonchev–Trinajstić information content (AvgIpc) is 2.05. The van der Waals surface area contributed by atoms with E-state index in [9.17, 15) is 18.0 Å². The first-order valence-electron chi connectivity index (χ1n) is 3.50. The number of hydrogen-bond acceptors (Lipinski definition) is 4. The molecule has 0 aromatic carbocycles. The summed E-state index contributed by atoms with van der Waals surface area (Å²) in [6.07, 6.45) is -4.02. The predicted molar refractivity (Wildman–Crippen MR) is 45.5 cm³/mol. The zero-order valence-corrected chi connectivity index (χ0v) is 7.76. The second-order valence-corrected chi connectivity index (χ2v) is 2.79. The first kappa shape index (κ1) is 11.6. The van der Waals surface area contributed by atoms with E-state index < -0.39 is 23.0 Å². The predicted octanol–water partition coefficient (Wildman–Crippen LogP) is 1.94. The van der Waals surface area contributed by atoms with Crippen LogP contribution in [0.2, 0.25) is 0 Å². The number of nitrogens with zero attached hydrogens (tertiary/aromatic N) is 1. The van der Waals surface area contributed by atoms with Crippen LogP contribution in [0.4, 0.5) is 18.9 Å². The number of alkyl halides is 3. The molecule has 0 atom stereocenters. The van der Waals surface area contributed by atoms with E-state index in [2.05, 4.69) is 9.72 Å². The highest BCUT2D eigenvalue weighted by Gasteiger charge is 2.33. The van der Waals surface area contributed by atoms with Crippen LogP contribution in [0.5, 0.6) is 5.88 Å². The molecule has 0 aliphatic heterocycles. The molecule has 0 unspecified atom stereocenters. The number of ether oxygens (including phenoxy) is 1. The lowest BCUT2D eigenvalue weighted by Crippen LogP contribution is -2.19. The summed E-state index contributed by atoms with van der Waals surface area (Å²) >= 11 is 5.03. The van der Waals surface area contributed by atoms with Gasteiger partial charge in [-0.15, -0.1) is 13.2 Å². The van der Waals surface area contributed by atoms with Crippen LogP contribution in [0.1, 0.15) is 10.4 Å². The summed E-state index contributed by atoms with van der Waals surface area (Å²) in [4.78, 5) is 13.9. The summed E-state index contributed by atoms with van der Waals surface area (Å²) in [6, 6.07) is 0.948. The molecule has 4 nitrogen and oxygen atoms in total. The Kier molecular flexibility index (Phi) is 3.04. The molecule has 1 rings (SSSR count). The third kappa shape index (κ3) is 3.28. The molecule has 0 aliphatic rings. The van der Waals surface area contributed by atoms with Crippen molar-refractivity contribution in [1.29, 1.82) is 0 Å². The first-order chi connectivity index (χ1) is 6.79. The number of halogens is 4. The highest BCUT2D eigenvalue weighted by atomic mass is 35.5. The third-order valence-electron chi connectivity index (χ3n) is 1.30. The summed E-state index contributed by atoms with van der Waals surface area (Å²) in [5, 5.41) is -1.13. The maximum absolute atomic E-state index is 11.8. The van der Waals surface area contributed by atoms with Crippen molar-refractivity contribution in [2.45, 2.75) is 6.36 Å². The fourth-order valence-electron chi connectivity index (χ4n) is 0.800. The van der Waals surface area contributed by atoms with Crippen LogP contribution in [-0.4, -0.2) is 16.6 Å². The molecule has 0 radical (unpaired) electrons. The van der Waals surface area contributed by atoms with Crippen molar-refractivity contribution in [3.05, 3.63) is 17.8 Å². The summed E-state index contributed by atoms with van der Waals surface area (Å²) in [6.45, 7) is 0. The van der Waals surface area contributed by atoms with Crippen LogP contribution in [0.15, 0.2) is 12.3 Å². The minimum atomic E-state index is -4.94. The molecule has 15 heavy (non-hydrogen) atoms. The topological polar surface area (TPSA) is 65.2 Å². The van der Waals surface area contributed by atoms with E-state index in [-0.39, 0.29) is 5.69 Å². The molecule has 8 heteroatoms. The Morgan fingerprint density at radius 2 is 2.13 bits per heavy atom. The van der Waals surface area contributed by atoms with Gasteiger partial charge in [-0.25, -0.2) is 4.98 Å². The van der Waals surface area contributed by atoms with Crippen LogP contribution < -0.4 is 10.5 Å². The lowest BCUT2D eigenvalue weighted by Gasteiger charge is -2.10. The van der Waals surface area contributed by atoms with E-state index in [1.807, 2.05) is 0 Å². The van der Waals surface area contributed by atoms with Gasteiger partial charge in [-0.2, -0.15) is 0 Å². The molecule has 1 aromatic rings. The molecule has 0 amide bonds. The van der Waals surface area contributed by atoms with Crippen molar-refractivity contribution in [3.63, 3.8) is 0 Å². The molecule has 0 saturated heterocycles. The van der Waals surface area contributed by atoms with Gasteiger partial charge in [0.05, 0.1) is 17.4 Å². The van der Waals surface area contributed by atoms with Gasteiger partial charge in [-0.3, -0.25) is 4.79 Å². The first-order valence-corrected chi connectivity index (χ1v) is 3.88. The normalized spacial score (nSPS) is 11.2. The van der Waals surface area contributed by atoms with Gasteiger partial charge in [0.25, 0.3) is 5.24 Å². The van der Waals surface area contributed by atoms with E-state index in [4.69, 9.17) is 17.3 Å². The molecule has 0 saturated carbocycles. The van der Waals surface area contributed by atoms with Gasteiger partial charge in [0.2, 0.25) is 5.88 Å². The van der Waals surface area contributed by atoms with Crippen LogP contribution in [0.3, 0.4) is 0 Å². The third-order valence-corrected chi connectivity index (χ3v) is 1.50. The number of nitrogen functional groups attached to an aromatic ring is 1. The minimum absolute atomic E-state index is 0.00789. The van der Waals surface area contributed by atoms with Crippen molar-refractivity contribution in [2.24, 2.45) is 0 Å². The number of anilines is 1. The Balaban J connectivity index is 3.12. The molecular formula is C7H4ClF3N2O2. The summed E-state index contributed by atoms with van der Waals surface area (Å²) < 4.78 is 39.0. The summed E-state index contributed by atoms with van der Waals surface area (Å²) in [5.74, 6) is -0.920. The van der Waals surface area contributed by atoms with Crippen LogP contribution in [-0.2, 0) is 0 Å². The summed E-state index contributed by atoms with van der Waals surface area (Å²) in [7, 11) is 0. The second kappa shape index (κ2) is 3.93. The zero-order valence-electron chi connectivity index (χ0n) is 7.01. The van der Waals surface area contributed by atoms with Gasteiger partial charge in [-0.1, -0.05) is 0 Å². The Morgan fingerprint density at radius 3 is 2.60 bits per heavy atom. The molecule has 82 valence electrons. The molecule has 0 aliphatic carbocycles. The average molecular weight is 241 g/mol. The van der Waals surface area contributed by atoms with Crippen LogP contribution in [0.25, 0.3) is 0 Å². The second-order valence-electron chi connectivity index (χ2n) is 2.44. The molecule has 0 fully saturated rings. The van der Waals surface area contributed by atoms with Crippen molar-refractivity contribution in [3.8, 4) is 5.88 Å². The number of hydrogen-bond donors (Lipinski definition) is 1. The number of carbonyl (C=O) groups excluding carboxylic acids is 1. The van der Waals surface area contributed by atoms with Gasteiger partial charge in [0.15, 0.2) is 0 Å². The molecule has 0 spiro atoms. The SMILES string of the molecule is Nc1cnc(OC(F)(F)F)c(C(=O)Cl)c1. The van der Waals surface area contributed by atoms with Gasteiger partial charge in [-0.05, 0) is 17.7 Å². The van der Waals surface area contributed by atoms with Crippen molar-refractivity contribution < 1.29 is 22.7 Å². The lowest BCUT2D eigenvalue weighted by molar-refractivity contribution is -0.276. The van der Waals surface area contributed by atoms with Crippen molar-refractivity contribution in [1.82, 2.24) is 4.98 Å². The number of nitrogens with two attached hydrogens (primary N) is 1. The van der Waals surface area contributed by atoms with Gasteiger partial charge in [0, 0.05) is 0 Å². The van der Waals surface area contributed by atoms with E-state index >= 15 is 0 Å². The molecule has 0 bridgehead atoms. The van der Waals surface area contributed by atoms with Crippen molar-refractivity contribution in [2.75, 3.05) is 5.73 Å². The largest absolute Gasteiger partial charge is 0.574 e. The van der Waals surface area contributed by atoms with Gasteiger partial charge < -0.3 is 10.5 Å². The van der Waals surface area contributed by atoms with Crippen LogP contribution >= 0.6 is 11.6 Å². The fraction of sp³-hybridized carbons (Fsp3) is 0.143. The smallest absolute Gasteiger partial charge is 0.397 e. The van der Waals surface area contributed by atoms with E-state index in [0.717, 1.165) is 12.3 Å². The quantitative estimate of drug-likeness (QED) is 0.803. The number of carbonyl (C=O) groups is 1.